The molecule has 1 saturated heterocycles. The average molecular weight is 397 g/mol. The summed E-state index contributed by atoms with van der Waals surface area (Å²) in [5.74, 6) is 2.27. The average Bonchev–Trinajstić information content (AvgIpc) is 2.97. The molecule has 0 radical (unpaired) electrons. The van der Waals surface area contributed by atoms with Crippen molar-refractivity contribution in [2.45, 2.75) is 33.2 Å². The second kappa shape index (κ2) is 9.94. The standard InChI is InChI=1S/C19H32N4O3S/c1-15(2)14-26-18-8-6-17(7-9-18)16(3)22-19(20-4)21-10-12-23-11-5-13-27(23,24)25/h6-9,15-16H,5,10-14H2,1-4H3,(H2,20,21,22). The van der Waals surface area contributed by atoms with E-state index in [9.17, 15) is 8.42 Å². The minimum absolute atomic E-state index is 0.0610. The maximum Gasteiger partial charge on any atom is 0.214 e. The zero-order valence-corrected chi connectivity index (χ0v) is 17.6. The van der Waals surface area contributed by atoms with Gasteiger partial charge in [0.2, 0.25) is 10.0 Å². The van der Waals surface area contributed by atoms with Gasteiger partial charge in [-0.3, -0.25) is 4.99 Å². The van der Waals surface area contributed by atoms with Crippen molar-refractivity contribution >= 4 is 16.0 Å². The monoisotopic (exact) mass is 396 g/mol. The number of hydrogen-bond acceptors (Lipinski definition) is 4. The van der Waals surface area contributed by atoms with Gasteiger partial charge in [-0.2, -0.15) is 0 Å². The van der Waals surface area contributed by atoms with E-state index in [1.807, 2.05) is 24.3 Å². The molecule has 8 heteroatoms. The summed E-state index contributed by atoms with van der Waals surface area (Å²) in [6.45, 7) is 8.60. The van der Waals surface area contributed by atoms with Gasteiger partial charge in [-0.05, 0) is 37.0 Å². The second-order valence-electron chi connectivity index (χ2n) is 7.21. The molecule has 1 fully saturated rings. The number of guanidine groups is 1. The fourth-order valence-corrected chi connectivity index (χ4v) is 4.37. The van der Waals surface area contributed by atoms with Crippen LogP contribution in [0.15, 0.2) is 29.3 Å². The third-order valence-corrected chi connectivity index (χ3v) is 6.35. The van der Waals surface area contributed by atoms with Crippen LogP contribution in [0.4, 0.5) is 0 Å². The van der Waals surface area contributed by atoms with Crippen molar-refractivity contribution in [1.82, 2.24) is 14.9 Å². The lowest BCUT2D eigenvalue weighted by Crippen LogP contribution is -2.42. The molecule has 2 rings (SSSR count). The highest BCUT2D eigenvalue weighted by Gasteiger charge is 2.27. The summed E-state index contributed by atoms with van der Waals surface area (Å²) < 4.78 is 30.9. The van der Waals surface area contributed by atoms with E-state index in [0.29, 0.717) is 44.5 Å². The van der Waals surface area contributed by atoms with E-state index in [0.717, 1.165) is 11.3 Å². The van der Waals surface area contributed by atoms with Gasteiger partial charge in [0, 0.05) is 26.7 Å². The molecule has 27 heavy (non-hydrogen) atoms. The number of nitrogens with zero attached hydrogens (tertiary/aromatic N) is 2. The highest BCUT2D eigenvalue weighted by Crippen LogP contribution is 2.18. The molecule has 0 spiro atoms. The Bertz CT molecular complexity index is 717. The largest absolute Gasteiger partial charge is 0.493 e. The summed E-state index contributed by atoms with van der Waals surface area (Å²) in [5.41, 5.74) is 1.12. The summed E-state index contributed by atoms with van der Waals surface area (Å²) in [4.78, 5) is 4.22. The molecule has 0 bridgehead atoms. The van der Waals surface area contributed by atoms with Crippen molar-refractivity contribution in [1.29, 1.82) is 0 Å². The first-order chi connectivity index (χ1) is 12.8. The minimum atomic E-state index is -3.05. The normalized spacial score (nSPS) is 18.5. The molecule has 1 aliphatic heterocycles. The highest BCUT2D eigenvalue weighted by molar-refractivity contribution is 7.89. The SMILES string of the molecule is CN=C(NCCN1CCCS1(=O)=O)NC(C)c1ccc(OCC(C)C)cc1. The lowest BCUT2D eigenvalue weighted by atomic mass is 10.1. The van der Waals surface area contributed by atoms with Crippen LogP contribution in [0.2, 0.25) is 0 Å². The second-order valence-corrected chi connectivity index (χ2v) is 9.30. The Labute approximate surface area is 163 Å². The van der Waals surface area contributed by atoms with E-state index in [2.05, 4.69) is 36.4 Å². The van der Waals surface area contributed by atoms with Crippen LogP contribution in [-0.4, -0.2) is 57.7 Å². The van der Waals surface area contributed by atoms with Crippen LogP contribution in [0.1, 0.15) is 38.8 Å². The first-order valence-electron chi connectivity index (χ1n) is 9.49. The quantitative estimate of drug-likeness (QED) is 0.519. The van der Waals surface area contributed by atoms with Crippen molar-refractivity contribution in [2.75, 3.05) is 39.0 Å². The highest BCUT2D eigenvalue weighted by atomic mass is 32.2. The van der Waals surface area contributed by atoms with E-state index < -0.39 is 10.0 Å². The topological polar surface area (TPSA) is 83.0 Å². The minimum Gasteiger partial charge on any atom is -0.493 e. The molecule has 152 valence electrons. The van der Waals surface area contributed by atoms with Crippen LogP contribution in [0.25, 0.3) is 0 Å². The number of hydrogen-bond donors (Lipinski definition) is 2. The summed E-state index contributed by atoms with van der Waals surface area (Å²) >= 11 is 0. The van der Waals surface area contributed by atoms with Crippen LogP contribution in [-0.2, 0) is 10.0 Å². The van der Waals surface area contributed by atoms with Crippen molar-refractivity contribution in [2.24, 2.45) is 10.9 Å². The molecule has 1 aromatic rings. The number of ether oxygens (including phenoxy) is 1. The molecule has 0 saturated carbocycles. The first kappa shape index (κ1) is 21.5. The van der Waals surface area contributed by atoms with Crippen LogP contribution in [0.3, 0.4) is 0 Å². The van der Waals surface area contributed by atoms with Gasteiger partial charge in [-0.25, -0.2) is 12.7 Å². The van der Waals surface area contributed by atoms with Crippen LogP contribution < -0.4 is 15.4 Å². The van der Waals surface area contributed by atoms with Crippen LogP contribution in [0, 0.1) is 5.92 Å². The zero-order chi connectivity index (χ0) is 19.9. The summed E-state index contributed by atoms with van der Waals surface area (Å²) in [5, 5.41) is 6.52. The summed E-state index contributed by atoms with van der Waals surface area (Å²) in [7, 11) is -1.35. The summed E-state index contributed by atoms with van der Waals surface area (Å²) in [6.07, 6.45) is 0.712. The fraction of sp³-hybridized carbons (Fsp3) is 0.632. The van der Waals surface area contributed by atoms with Gasteiger partial charge in [-0.1, -0.05) is 26.0 Å². The Morgan fingerprint density at radius 2 is 1.96 bits per heavy atom. The molecule has 0 aliphatic carbocycles. The number of rotatable bonds is 8. The van der Waals surface area contributed by atoms with Gasteiger partial charge in [0.15, 0.2) is 5.96 Å². The Balaban J connectivity index is 1.81. The van der Waals surface area contributed by atoms with Crippen LogP contribution >= 0.6 is 0 Å². The van der Waals surface area contributed by atoms with E-state index in [1.54, 1.807) is 7.05 Å². The molecule has 1 atom stereocenters. The molecule has 1 heterocycles. The zero-order valence-electron chi connectivity index (χ0n) is 16.7. The van der Waals surface area contributed by atoms with Gasteiger partial charge in [0.25, 0.3) is 0 Å². The molecule has 1 unspecified atom stereocenters. The molecule has 0 aromatic heterocycles. The van der Waals surface area contributed by atoms with E-state index in [-0.39, 0.29) is 11.8 Å². The van der Waals surface area contributed by atoms with Crippen molar-refractivity contribution in [3.05, 3.63) is 29.8 Å². The summed E-state index contributed by atoms with van der Waals surface area (Å²) in [6, 6.07) is 8.09. The molecule has 7 nitrogen and oxygen atoms in total. The van der Waals surface area contributed by atoms with Gasteiger partial charge in [0.1, 0.15) is 5.75 Å². The Morgan fingerprint density at radius 1 is 1.26 bits per heavy atom. The lowest BCUT2D eigenvalue weighted by molar-refractivity contribution is 0.271. The Hall–Kier alpha value is -1.80. The lowest BCUT2D eigenvalue weighted by Gasteiger charge is -2.20. The van der Waals surface area contributed by atoms with E-state index in [4.69, 9.17) is 4.74 Å². The van der Waals surface area contributed by atoms with Gasteiger partial charge >= 0.3 is 0 Å². The third-order valence-electron chi connectivity index (χ3n) is 4.40. The fourth-order valence-electron chi connectivity index (χ4n) is 2.84. The molecule has 2 N–H and O–H groups in total. The van der Waals surface area contributed by atoms with E-state index in [1.165, 1.54) is 4.31 Å². The molecule has 0 amide bonds. The number of sulfonamides is 1. The predicted octanol–water partition coefficient (Wildman–Crippen LogP) is 1.98. The maximum absolute atomic E-state index is 11.8. The molecular formula is C19H32N4O3S. The molecule has 1 aromatic carbocycles. The number of benzene rings is 1. The van der Waals surface area contributed by atoms with Crippen molar-refractivity contribution < 1.29 is 13.2 Å². The maximum atomic E-state index is 11.8. The Morgan fingerprint density at radius 3 is 2.52 bits per heavy atom. The van der Waals surface area contributed by atoms with Gasteiger partial charge < -0.3 is 15.4 Å². The van der Waals surface area contributed by atoms with Crippen molar-refractivity contribution in [3.8, 4) is 5.75 Å². The van der Waals surface area contributed by atoms with Crippen LogP contribution in [0.5, 0.6) is 5.75 Å². The smallest absolute Gasteiger partial charge is 0.214 e. The number of aliphatic imine (C=N–C) groups is 1. The predicted molar refractivity (Wildman–Crippen MR) is 110 cm³/mol. The molecule has 1 aliphatic rings. The first-order valence-corrected chi connectivity index (χ1v) is 11.1. The Kier molecular flexibility index (Phi) is 7.91. The third kappa shape index (κ3) is 6.70. The molecular weight excluding hydrogens is 364 g/mol. The number of nitrogens with one attached hydrogen (secondary N) is 2. The van der Waals surface area contributed by atoms with Crippen molar-refractivity contribution in [3.63, 3.8) is 0 Å². The van der Waals surface area contributed by atoms with Gasteiger partial charge in [0.05, 0.1) is 18.4 Å². The van der Waals surface area contributed by atoms with Gasteiger partial charge in [-0.15, -0.1) is 0 Å². The van der Waals surface area contributed by atoms with E-state index >= 15 is 0 Å².